The van der Waals surface area contributed by atoms with Gasteiger partial charge >= 0.3 is 6.09 Å². The summed E-state index contributed by atoms with van der Waals surface area (Å²) in [5, 5.41) is 1.84. The van der Waals surface area contributed by atoms with Gasteiger partial charge in [-0.3, -0.25) is 10.1 Å². The van der Waals surface area contributed by atoms with Gasteiger partial charge in [-0.25, -0.2) is 4.79 Å². The summed E-state index contributed by atoms with van der Waals surface area (Å²) >= 11 is 5.26. The molecule has 0 bridgehead atoms. The average molecular weight is 214 g/mol. The predicted molar refractivity (Wildman–Crippen MR) is 52.7 cm³/mol. The number of hydrogen-bond acceptors (Lipinski definition) is 3. The number of carbonyl (C=O) groups excluding carboxylic acids is 2. The first-order valence-electron chi connectivity index (χ1n) is 3.78. The molecule has 0 aromatic heterocycles. The monoisotopic (exact) mass is 213 g/mol. The minimum absolute atomic E-state index is 0.320. The van der Waals surface area contributed by atoms with Gasteiger partial charge in [0.2, 0.25) is 0 Å². The smallest absolute Gasteiger partial charge is 0.411 e. The van der Waals surface area contributed by atoms with Crippen molar-refractivity contribution >= 4 is 28.6 Å². The van der Waals surface area contributed by atoms with E-state index in [1.807, 2.05) is 0 Å². The van der Waals surface area contributed by atoms with Crippen LogP contribution in [-0.2, 0) is 4.74 Å². The molecule has 0 spiro atoms. The highest BCUT2D eigenvalue weighted by atomic mass is 35.5. The second-order valence-electron chi connectivity index (χ2n) is 2.47. The van der Waals surface area contributed by atoms with Crippen LogP contribution in [0.15, 0.2) is 24.3 Å². The highest BCUT2D eigenvalue weighted by Gasteiger charge is 2.04. The molecule has 1 aromatic carbocycles. The van der Waals surface area contributed by atoms with E-state index in [9.17, 15) is 9.59 Å². The maximum atomic E-state index is 10.8. The number of nitrogens with one attached hydrogen (secondary N) is 1. The minimum Gasteiger partial charge on any atom is -0.453 e. The normalized spacial score (nSPS) is 9.29. The number of benzene rings is 1. The van der Waals surface area contributed by atoms with Gasteiger partial charge < -0.3 is 4.74 Å². The molecule has 1 N–H and O–H groups in total. The summed E-state index contributed by atoms with van der Waals surface area (Å²) in [6.07, 6.45) is -0.593. The lowest BCUT2D eigenvalue weighted by Crippen LogP contribution is -2.11. The summed E-state index contributed by atoms with van der Waals surface area (Å²) in [6.45, 7) is 0. The van der Waals surface area contributed by atoms with E-state index in [1.54, 1.807) is 18.2 Å². The van der Waals surface area contributed by atoms with Gasteiger partial charge in [0.25, 0.3) is 5.24 Å². The van der Waals surface area contributed by atoms with Gasteiger partial charge in [-0.05, 0) is 29.8 Å². The van der Waals surface area contributed by atoms with Gasteiger partial charge in [-0.2, -0.15) is 0 Å². The summed E-state index contributed by atoms with van der Waals surface area (Å²) in [4.78, 5) is 21.6. The van der Waals surface area contributed by atoms with E-state index in [1.165, 1.54) is 13.2 Å². The number of anilines is 1. The van der Waals surface area contributed by atoms with E-state index in [2.05, 4.69) is 10.1 Å². The first-order chi connectivity index (χ1) is 6.63. The molecule has 5 heteroatoms. The SMILES string of the molecule is COC(=O)Nc1cccc(C(=O)Cl)c1. The zero-order chi connectivity index (χ0) is 10.6. The average Bonchev–Trinajstić information content (AvgIpc) is 2.18. The van der Waals surface area contributed by atoms with Crippen LogP contribution in [0.25, 0.3) is 0 Å². The molecule has 0 heterocycles. The Morgan fingerprint density at radius 3 is 2.71 bits per heavy atom. The Bertz CT molecular complexity index is 365. The number of carbonyl (C=O) groups is 2. The topological polar surface area (TPSA) is 55.4 Å². The summed E-state index contributed by atoms with van der Waals surface area (Å²) < 4.78 is 4.39. The highest BCUT2D eigenvalue weighted by Crippen LogP contribution is 2.12. The Balaban J connectivity index is 2.83. The van der Waals surface area contributed by atoms with Gasteiger partial charge in [0.15, 0.2) is 0 Å². The molecule has 4 nitrogen and oxygen atoms in total. The molecule has 0 radical (unpaired) electrons. The van der Waals surface area contributed by atoms with Gasteiger partial charge in [0.1, 0.15) is 0 Å². The lowest BCUT2D eigenvalue weighted by Gasteiger charge is -2.03. The maximum absolute atomic E-state index is 10.8. The van der Waals surface area contributed by atoms with E-state index >= 15 is 0 Å². The first-order valence-corrected chi connectivity index (χ1v) is 4.16. The van der Waals surface area contributed by atoms with E-state index in [-0.39, 0.29) is 0 Å². The highest BCUT2D eigenvalue weighted by molar-refractivity contribution is 6.67. The Labute approximate surface area is 85.8 Å². The lowest BCUT2D eigenvalue weighted by atomic mass is 10.2. The molecular weight excluding hydrogens is 206 g/mol. The molecule has 0 aliphatic heterocycles. The first kappa shape index (κ1) is 10.5. The number of amides is 1. The van der Waals surface area contributed by atoms with Gasteiger partial charge in [0.05, 0.1) is 7.11 Å². The molecule has 14 heavy (non-hydrogen) atoms. The number of halogens is 1. The molecule has 1 aromatic rings. The molecule has 1 rings (SSSR count). The summed E-state index contributed by atoms with van der Waals surface area (Å²) in [6, 6.07) is 6.26. The molecule has 0 saturated carbocycles. The van der Waals surface area contributed by atoms with Crippen LogP contribution in [0, 0.1) is 0 Å². The van der Waals surface area contributed by atoms with Crippen molar-refractivity contribution in [2.75, 3.05) is 12.4 Å². The number of hydrogen-bond donors (Lipinski definition) is 1. The predicted octanol–water partition coefficient (Wildman–Crippen LogP) is 2.24. The Hall–Kier alpha value is -1.55. The van der Waals surface area contributed by atoms with Crippen molar-refractivity contribution in [2.24, 2.45) is 0 Å². The van der Waals surface area contributed by atoms with Crippen molar-refractivity contribution in [2.45, 2.75) is 0 Å². The fourth-order valence-corrected chi connectivity index (χ4v) is 1.01. The standard InChI is InChI=1S/C9H8ClNO3/c1-14-9(13)11-7-4-2-3-6(5-7)8(10)12/h2-5H,1H3,(H,11,13). The molecule has 0 aliphatic carbocycles. The fourth-order valence-electron chi connectivity index (χ4n) is 0.888. The molecular formula is C9H8ClNO3. The Kier molecular flexibility index (Phi) is 3.48. The molecule has 74 valence electrons. The van der Waals surface area contributed by atoms with Crippen LogP contribution in [0.3, 0.4) is 0 Å². The van der Waals surface area contributed by atoms with Crippen molar-refractivity contribution in [3.8, 4) is 0 Å². The number of methoxy groups -OCH3 is 1. The third kappa shape index (κ3) is 2.74. The van der Waals surface area contributed by atoms with Crippen LogP contribution >= 0.6 is 11.6 Å². The minimum atomic E-state index is -0.593. The summed E-state index contributed by atoms with van der Waals surface area (Å²) in [5.74, 6) is 0. The van der Waals surface area contributed by atoms with Crippen LogP contribution < -0.4 is 5.32 Å². The van der Waals surface area contributed by atoms with Crippen molar-refractivity contribution in [3.63, 3.8) is 0 Å². The zero-order valence-electron chi connectivity index (χ0n) is 7.41. The van der Waals surface area contributed by atoms with Gasteiger partial charge in [-0.1, -0.05) is 6.07 Å². The number of ether oxygens (including phenoxy) is 1. The molecule has 0 aliphatic rings. The largest absolute Gasteiger partial charge is 0.453 e. The third-order valence-electron chi connectivity index (χ3n) is 1.52. The van der Waals surface area contributed by atoms with E-state index in [0.717, 1.165) is 0 Å². The Morgan fingerprint density at radius 2 is 2.14 bits per heavy atom. The Morgan fingerprint density at radius 1 is 1.43 bits per heavy atom. The van der Waals surface area contributed by atoms with Crippen LogP contribution in [0.1, 0.15) is 10.4 Å². The van der Waals surface area contributed by atoms with Crippen LogP contribution in [-0.4, -0.2) is 18.4 Å². The summed E-state index contributed by atoms with van der Waals surface area (Å²) in [5.41, 5.74) is 0.781. The molecule has 0 fully saturated rings. The molecule has 0 atom stereocenters. The maximum Gasteiger partial charge on any atom is 0.411 e. The molecule has 1 amide bonds. The number of rotatable bonds is 2. The second kappa shape index (κ2) is 4.62. The van der Waals surface area contributed by atoms with E-state index in [4.69, 9.17) is 11.6 Å². The summed E-state index contributed by atoms with van der Waals surface area (Å²) in [7, 11) is 1.26. The van der Waals surface area contributed by atoms with Crippen molar-refractivity contribution in [1.82, 2.24) is 0 Å². The molecule has 0 unspecified atom stereocenters. The van der Waals surface area contributed by atoms with E-state index in [0.29, 0.717) is 11.3 Å². The van der Waals surface area contributed by atoms with Crippen molar-refractivity contribution in [1.29, 1.82) is 0 Å². The second-order valence-corrected chi connectivity index (χ2v) is 2.81. The van der Waals surface area contributed by atoms with Gasteiger partial charge in [-0.15, -0.1) is 0 Å². The molecule has 0 saturated heterocycles. The third-order valence-corrected chi connectivity index (χ3v) is 1.74. The fraction of sp³-hybridized carbons (Fsp3) is 0.111. The van der Waals surface area contributed by atoms with Crippen LogP contribution in [0.4, 0.5) is 10.5 Å². The van der Waals surface area contributed by atoms with E-state index < -0.39 is 11.3 Å². The zero-order valence-corrected chi connectivity index (χ0v) is 8.17. The van der Waals surface area contributed by atoms with Crippen molar-refractivity contribution in [3.05, 3.63) is 29.8 Å². The van der Waals surface area contributed by atoms with Crippen LogP contribution in [0.2, 0.25) is 0 Å². The quantitative estimate of drug-likeness (QED) is 0.767. The lowest BCUT2D eigenvalue weighted by molar-refractivity contribution is 0.108. The van der Waals surface area contributed by atoms with Gasteiger partial charge in [0, 0.05) is 11.3 Å². The van der Waals surface area contributed by atoms with Crippen LogP contribution in [0.5, 0.6) is 0 Å². The van der Waals surface area contributed by atoms with Crippen molar-refractivity contribution < 1.29 is 14.3 Å².